The normalized spacial score (nSPS) is 9.71. The Hall–Kier alpha value is -1.48. The maximum atomic E-state index is 5.57. The predicted octanol–water partition coefficient (Wildman–Crippen LogP) is 1.46. The number of hydrogen-bond donors (Lipinski definition) is 3. The second kappa shape index (κ2) is 6.05. The van der Waals surface area contributed by atoms with E-state index in [1.54, 1.807) is 0 Å². The van der Waals surface area contributed by atoms with Crippen molar-refractivity contribution in [3.63, 3.8) is 0 Å². The fourth-order valence-electron chi connectivity index (χ4n) is 1.10. The third kappa shape index (κ3) is 3.96. The summed E-state index contributed by atoms with van der Waals surface area (Å²) in [5, 5.41) is 6.49. The maximum absolute atomic E-state index is 5.57. The number of hydrogen-bond acceptors (Lipinski definition) is 3. The molecule has 3 heteroatoms. The molecule has 14 heavy (non-hydrogen) atoms. The Balaban J connectivity index is 2.18. The molecule has 0 saturated heterocycles. The molecule has 0 spiro atoms. The van der Waals surface area contributed by atoms with Crippen LogP contribution in [0, 0.1) is 0 Å². The SMILES string of the molecule is C=CCNCCNc1ccc(N)cc1. The van der Waals surface area contributed by atoms with Crippen molar-refractivity contribution in [1.82, 2.24) is 5.32 Å². The summed E-state index contributed by atoms with van der Waals surface area (Å²) >= 11 is 0. The molecule has 0 aliphatic rings. The number of anilines is 2. The molecule has 0 aliphatic carbocycles. The molecule has 0 unspecified atom stereocenters. The first-order valence-electron chi connectivity index (χ1n) is 4.74. The number of nitrogens with one attached hydrogen (secondary N) is 2. The third-order valence-electron chi connectivity index (χ3n) is 1.83. The molecule has 0 heterocycles. The van der Waals surface area contributed by atoms with Gasteiger partial charge in [0.2, 0.25) is 0 Å². The molecule has 1 aromatic rings. The molecule has 1 aromatic carbocycles. The molecule has 0 aliphatic heterocycles. The van der Waals surface area contributed by atoms with Gasteiger partial charge < -0.3 is 16.4 Å². The first-order chi connectivity index (χ1) is 6.83. The Bertz CT molecular complexity index is 266. The Morgan fingerprint density at radius 3 is 2.57 bits per heavy atom. The minimum atomic E-state index is 0.792. The highest BCUT2D eigenvalue weighted by molar-refractivity contribution is 5.51. The minimum absolute atomic E-state index is 0.792. The summed E-state index contributed by atoms with van der Waals surface area (Å²) in [6, 6.07) is 7.73. The zero-order valence-electron chi connectivity index (χ0n) is 8.29. The Labute approximate surface area is 85.0 Å². The Kier molecular flexibility index (Phi) is 4.58. The summed E-state index contributed by atoms with van der Waals surface area (Å²) < 4.78 is 0. The quantitative estimate of drug-likeness (QED) is 0.362. The lowest BCUT2D eigenvalue weighted by molar-refractivity contribution is 0.771. The van der Waals surface area contributed by atoms with E-state index >= 15 is 0 Å². The molecule has 76 valence electrons. The van der Waals surface area contributed by atoms with E-state index < -0.39 is 0 Å². The van der Waals surface area contributed by atoms with Crippen molar-refractivity contribution in [3.8, 4) is 0 Å². The van der Waals surface area contributed by atoms with E-state index in [2.05, 4.69) is 17.2 Å². The average Bonchev–Trinajstić information content (AvgIpc) is 2.21. The summed E-state index contributed by atoms with van der Waals surface area (Å²) in [5.41, 5.74) is 7.46. The van der Waals surface area contributed by atoms with Crippen LogP contribution in [-0.2, 0) is 0 Å². The Morgan fingerprint density at radius 1 is 1.21 bits per heavy atom. The highest BCUT2D eigenvalue weighted by atomic mass is 14.9. The topological polar surface area (TPSA) is 50.1 Å². The Morgan fingerprint density at radius 2 is 1.93 bits per heavy atom. The van der Waals surface area contributed by atoms with Crippen LogP contribution in [-0.4, -0.2) is 19.6 Å². The monoisotopic (exact) mass is 191 g/mol. The zero-order valence-corrected chi connectivity index (χ0v) is 8.29. The predicted molar refractivity (Wildman–Crippen MR) is 62.4 cm³/mol. The molecule has 0 fully saturated rings. The van der Waals surface area contributed by atoms with Gasteiger partial charge in [-0.05, 0) is 24.3 Å². The van der Waals surface area contributed by atoms with Crippen LogP contribution in [0.2, 0.25) is 0 Å². The summed E-state index contributed by atoms with van der Waals surface area (Å²) in [7, 11) is 0. The molecule has 0 radical (unpaired) electrons. The zero-order chi connectivity index (χ0) is 10.2. The second-order valence-electron chi connectivity index (χ2n) is 3.04. The van der Waals surface area contributed by atoms with Gasteiger partial charge in [0.05, 0.1) is 0 Å². The number of nitrogens with two attached hydrogens (primary N) is 1. The van der Waals surface area contributed by atoms with Gasteiger partial charge in [0.25, 0.3) is 0 Å². The van der Waals surface area contributed by atoms with Crippen LogP contribution >= 0.6 is 0 Å². The summed E-state index contributed by atoms with van der Waals surface area (Å²) in [6.45, 7) is 6.31. The van der Waals surface area contributed by atoms with E-state index in [4.69, 9.17) is 5.73 Å². The molecule has 0 saturated carbocycles. The van der Waals surface area contributed by atoms with Crippen LogP contribution in [0.3, 0.4) is 0 Å². The fraction of sp³-hybridized carbons (Fsp3) is 0.273. The van der Waals surface area contributed by atoms with Crippen LogP contribution in [0.25, 0.3) is 0 Å². The van der Waals surface area contributed by atoms with E-state index in [1.165, 1.54) is 0 Å². The molecular weight excluding hydrogens is 174 g/mol. The molecule has 4 N–H and O–H groups in total. The van der Waals surface area contributed by atoms with Crippen LogP contribution in [0.5, 0.6) is 0 Å². The third-order valence-corrected chi connectivity index (χ3v) is 1.83. The average molecular weight is 191 g/mol. The number of nitrogen functional groups attached to an aromatic ring is 1. The summed E-state index contributed by atoms with van der Waals surface area (Å²) in [4.78, 5) is 0. The van der Waals surface area contributed by atoms with Crippen LogP contribution in [0.15, 0.2) is 36.9 Å². The van der Waals surface area contributed by atoms with E-state index in [0.29, 0.717) is 0 Å². The first-order valence-corrected chi connectivity index (χ1v) is 4.74. The van der Waals surface area contributed by atoms with Gasteiger partial charge in [-0.2, -0.15) is 0 Å². The molecule has 3 nitrogen and oxygen atoms in total. The smallest absolute Gasteiger partial charge is 0.0342 e. The molecule has 0 aromatic heterocycles. The van der Waals surface area contributed by atoms with E-state index in [1.807, 2.05) is 30.3 Å². The van der Waals surface area contributed by atoms with E-state index in [-0.39, 0.29) is 0 Å². The van der Waals surface area contributed by atoms with E-state index in [9.17, 15) is 0 Å². The summed E-state index contributed by atoms with van der Waals surface area (Å²) in [5.74, 6) is 0. The van der Waals surface area contributed by atoms with E-state index in [0.717, 1.165) is 31.0 Å². The van der Waals surface area contributed by atoms with Crippen LogP contribution in [0.1, 0.15) is 0 Å². The van der Waals surface area contributed by atoms with Crippen molar-refractivity contribution >= 4 is 11.4 Å². The lowest BCUT2D eigenvalue weighted by atomic mass is 10.3. The van der Waals surface area contributed by atoms with Crippen LogP contribution < -0.4 is 16.4 Å². The van der Waals surface area contributed by atoms with Crippen molar-refractivity contribution in [1.29, 1.82) is 0 Å². The van der Waals surface area contributed by atoms with Gasteiger partial charge in [-0.1, -0.05) is 6.08 Å². The lowest BCUT2D eigenvalue weighted by Gasteiger charge is -2.06. The van der Waals surface area contributed by atoms with Crippen molar-refractivity contribution in [3.05, 3.63) is 36.9 Å². The van der Waals surface area contributed by atoms with Gasteiger partial charge in [0, 0.05) is 31.0 Å². The molecule has 0 bridgehead atoms. The van der Waals surface area contributed by atoms with Crippen molar-refractivity contribution < 1.29 is 0 Å². The largest absolute Gasteiger partial charge is 0.399 e. The number of benzene rings is 1. The van der Waals surface area contributed by atoms with Crippen LogP contribution in [0.4, 0.5) is 11.4 Å². The number of rotatable bonds is 6. The highest BCUT2D eigenvalue weighted by Gasteiger charge is 1.90. The van der Waals surface area contributed by atoms with Crippen molar-refractivity contribution in [2.75, 3.05) is 30.7 Å². The van der Waals surface area contributed by atoms with Crippen molar-refractivity contribution in [2.45, 2.75) is 0 Å². The standard InChI is InChI=1S/C11H17N3/c1-2-7-13-8-9-14-11-5-3-10(12)4-6-11/h2-6,13-14H,1,7-9,12H2. The van der Waals surface area contributed by atoms with Gasteiger partial charge in [-0.15, -0.1) is 6.58 Å². The summed E-state index contributed by atoms with van der Waals surface area (Å²) in [6.07, 6.45) is 1.85. The van der Waals surface area contributed by atoms with Gasteiger partial charge in [-0.3, -0.25) is 0 Å². The van der Waals surface area contributed by atoms with Gasteiger partial charge >= 0.3 is 0 Å². The molecule has 0 atom stereocenters. The van der Waals surface area contributed by atoms with Gasteiger partial charge in [-0.25, -0.2) is 0 Å². The second-order valence-corrected chi connectivity index (χ2v) is 3.04. The molecule has 0 amide bonds. The lowest BCUT2D eigenvalue weighted by Crippen LogP contribution is -2.21. The van der Waals surface area contributed by atoms with Crippen molar-refractivity contribution in [2.24, 2.45) is 0 Å². The molecular formula is C11H17N3. The fourth-order valence-corrected chi connectivity index (χ4v) is 1.10. The first kappa shape index (κ1) is 10.6. The van der Waals surface area contributed by atoms with Gasteiger partial charge in [0.1, 0.15) is 0 Å². The molecule has 1 rings (SSSR count). The van der Waals surface area contributed by atoms with Gasteiger partial charge in [0.15, 0.2) is 0 Å². The maximum Gasteiger partial charge on any atom is 0.0342 e. The minimum Gasteiger partial charge on any atom is -0.399 e. The highest BCUT2D eigenvalue weighted by Crippen LogP contribution is 2.09.